The van der Waals surface area contributed by atoms with Crippen molar-refractivity contribution in [2.45, 2.75) is 26.1 Å². The molecule has 4 aromatic rings. The van der Waals surface area contributed by atoms with E-state index in [0.717, 1.165) is 43.2 Å². The molecule has 39 heavy (non-hydrogen) atoms. The maximum atomic E-state index is 13.2. The molecule has 3 aromatic carbocycles. The summed E-state index contributed by atoms with van der Waals surface area (Å²) in [5.74, 6) is 0.879. The van der Waals surface area contributed by atoms with E-state index >= 15 is 0 Å². The second-order valence-corrected chi connectivity index (χ2v) is 9.34. The highest BCUT2D eigenvalue weighted by atomic mass is 19.1. The number of fused-ring (bicyclic) bond motifs is 1. The van der Waals surface area contributed by atoms with Crippen molar-refractivity contribution in [2.75, 3.05) is 37.9 Å². The minimum Gasteiger partial charge on any atom is -0.493 e. The molecule has 0 saturated heterocycles. The summed E-state index contributed by atoms with van der Waals surface area (Å²) in [5, 5.41) is 14.7. The molecule has 10 heteroatoms. The number of carbonyl (C=O) groups is 1. The number of ether oxygens (including phenoxy) is 2. The molecular formula is C29H31FN6O3. The van der Waals surface area contributed by atoms with Crippen LogP contribution >= 0.6 is 0 Å². The van der Waals surface area contributed by atoms with Gasteiger partial charge >= 0.3 is 0 Å². The Morgan fingerprint density at radius 1 is 1.00 bits per heavy atom. The standard InChI is InChI=1S/C29H31FN6O3/c1-38-27-15-20-11-12-35(18-21(20)16-28(27)39-2)13-14-36-19-24(33-34-36)17-31-26-6-4-3-5-25(26)29(37)32-23-9-7-22(30)8-10-23/h3-10,15-16,19,31H,11-14,17-18H2,1-2H3,(H,32,37). The molecule has 0 saturated carbocycles. The minimum atomic E-state index is -0.355. The first-order chi connectivity index (χ1) is 19.0. The highest BCUT2D eigenvalue weighted by Crippen LogP contribution is 2.33. The molecule has 0 fully saturated rings. The molecule has 0 radical (unpaired) electrons. The van der Waals surface area contributed by atoms with Crippen molar-refractivity contribution in [3.05, 3.63) is 95.1 Å². The van der Waals surface area contributed by atoms with E-state index in [4.69, 9.17) is 9.47 Å². The van der Waals surface area contributed by atoms with Crippen molar-refractivity contribution >= 4 is 17.3 Å². The molecule has 2 heterocycles. The van der Waals surface area contributed by atoms with Crippen LogP contribution in [-0.2, 0) is 26.1 Å². The fourth-order valence-corrected chi connectivity index (χ4v) is 4.66. The van der Waals surface area contributed by atoms with Gasteiger partial charge in [0.05, 0.1) is 39.1 Å². The van der Waals surface area contributed by atoms with Crippen LogP contribution in [0.3, 0.4) is 0 Å². The van der Waals surface area contributed by atoms with Crippen molar-refractivity contribution in [1.29, 1.82) is 0 Å². The zero-order valence-corrected chi connectivity index (χ0v) is 22.0. The zero-order valence-electron chi connectivity index (χ0n) is 22.0. The molecule has 9 nitrogen and oxygen atoms in total. The molecule has 0 atom stereocenters. The molecule has 0 aliphatic carbocycles. The van der Waals surface area contributed by atoms with Gasteiger partial charge in [0.25, 0.3) is 5.91 Å². The molecule has 202 valence electrons. The SMILES string of the molecule is COc1cc2c(cc1OC)CN(CCn1cc(CNc3ccccc3C(=O)Nc3ccc(F)cc3)nn1)CC2. The Labute approximate surface area is 226 Å². The smallest absolute Gasteiger partial charge is 0.257 e. The molecule has 5 rings (SSSR count). The molecule has 1 aliphatic heterocycles. The summed E-state index contributed by atoms with van der Waals surface area (Å²) >= 11 is 0. The summed E-state index contributed by atoms with van der Waals surface area (Å²) in [6.45, 7) is 3.78. The van der Waals surface area contributed by atoms with Crippen LogP contribution in [0.5, 0.6) is 11.5 Å². The van der Waals surface area contributed by atoms with Crippen LogP contribution in [0.4, 0.5) is 15.8 Å². The topological polar surface area (TPSA) is 93.5 Å². The number of rotatable bonds is 10. The first kappa shape index (κ1) is 26.2. The quantitative estimate of drug-likeness (QED) is 0.315. The van der Waals surface area contributed by atoms with Crippen LogP contribution in [0.1, 0.15) is 27.2 Å². The second-order valence-electron chi connectivity index (χ2n) is 9.34. The van der Waals surface area contributed by atoms with Crippen molar-refractivity contribution in [3.8, 4) is 11.5 Å². The van der Waals surface area contributed by atoms with Crippen LogP contribution in [0, 0.1) is 5.82 Å². The van der Waals surface area contributed by atoms with Gasteiger partial charge < -0.3 is 20.1 Å². The Morgan fingerprint density at radius 2 is 1.74 bits per heavy atom. The Balaban J connectivity index is 1.15. The van der Waals surface area contributed by atoms with Crippen molar-refractivity contribution in [2.24, 2.45) is 0 Å². The number of nitrogens with one attached hydrogen (secondary N) is 2. The highest BCUT2D eigenvalue weighted by molar-refractivity contribution is 6.08. The van der Waals surface area contributed by atoms with Gasteiger partial charge in [-0.05, 0) is 66.1 Å². The summed E-state index contributed by atoms with van der Waals surface area (Å²) < 4.78 is 25.9. The lowest BCUT2D eigenvalue weighted by molar-refractivity contribution is 0.102. The number of benzene rings is 3. The predicted molar refractivity (Wildman–Crippen MR) is 147 cm³/mol. The van der Waals surface area contributed by atoms with E-state index < -0.39 is 0 Å². The summed E-state index contributed by atoms with van der Waals surface area (Å²) in [6.07, 6.45) is 2.87. The van der Waals surface area contributed by atoms with E-state index in [-0.39, 0.29) is 11.7 Å². The number of hydrogen-bond acceptors (Lipinski definition) is 7. The highest BCUT2D eigenvalue weighted by Gasteiger charge is 2.19. The van der Waals surface area contributed by atoms with Gasteiger partial charge in [0.15, 0.2) is 11.5 Å². The van der Waals surface area contributed by atoms with E-state index in [9.17, 15) is 9.18 Å². The van der Waals surface area contributed by atoms with Gasteiger partial charge in [0.2, 0.25) is 0 Å². The third-order valence-electron chi connectivity index (χ3n) is 6.76. The Bertz CT molecular complexity index is 1440. The Morgan fingerprint density at radius 3 is 2.51 bits per heavy atom. The number of para-hydroxylation sites is 1. The van der Waals surface area contributed by atoms with Gasteiger partial charge in [0, 0.05) is 31.0 Å². The van der Waals surface area contributed by atoms with E-state index in [1.807, 2.05) is 23.0 Å². The minimum absolute atomic E-state index is 0.285. The van der Waals surface area contributed by atoms with Crippen molar-refractivity contribution in [1.82, 2.24) is 19.9 Å². The van der Waals surface area contributed by atoms with Gasteiger partial charge in [-0.1, -0.05) is 17.3 Å². The fourth-order valence-electron chi connectivity index (χ4n) is 4.66. The number of carbonyl (C=O) groups excluding carboxylic acids is 1. The van der Waals surface area contributed by atoms with E-state index in [1.54, 1.807) is 26.4 Å². The van der Waals surface area contributed by atoms with Crippen LogP contribution in [-0.4, -0.2) is 53.1 Å². The monoisotopic (exact) mass is 530 g/mol. The summed E-state index contributed by atoms with van der Waals surface area (Å²) in [4.78, 5) is 15.2. The lowest BCUT2D eigenvalue weighted by atomic mass is 9.99. The van der Waals surface area contributed by atoms with Gasteiger partial charge in [-0.15, -0.1) is 5.10 Å². The summed E-state index contributed by atoms with van der Waals surface area (Å²) in [5.41, 5.74) is 4.99. The molecule has 0 bridgehead atoms. The number of methoxy groups -OCH3 is 2. The first-order valence-corrected chi connectivity index (χ1v) is 12.8. The average Bonchev–Trinajstić information content (AvgIpc) is 3.43. The molecule has 0 spiro atoms. The van der Waals surface area contributed by atoms with Crippen LogP contribution in [0.25, 0.3) is 0 Å². The van der Waals surface area contributed by atoms with E-state index in [1.165, 1.54) is 35.4 Å². The third-order valence-corrected chi connectivity index (χ3v) is 6.76. The first-order valence-electron chi connectivity index (χ1n) is 12.8. The number of anilines is 2. The normalized spacial score (nSPS) is 13.0. The number of nitrogens with zero attached hydrogens (tertiary/aromatic N) is 4. The van der Waals surface area contributed by atoms with Gasteiger partial charge in [-0.3, -0.25) is 14.4 Å². The van der Waals surface area contributed by atoms with Gasteiger partial charge in [0.1, 0.15) is 11.5 Å². The van der Waals surface area contributed by atoms with Crippen molar-refractivity contribution in [3.63, 3.8) is 0 Å². The van der Waals surface area contributed by atoms with Gasteiger partial charge in [-0.2, -0.15) is 0 Å². The molecular weight excluding hydrogens is 499 g/mol. The maximum Gasteiger partial charge on any atom is 0.257 e. The number of aromatic nitrogens is 3. The van der Waals surface area contributed by atoms with E-state index in [0.29, 0.717) is 30.0 Å². The molecule has 2 N–H and O–H groups in total. The number of halogens is 1. The molecule has 0 unspecified atom stereocenters. The third kappa shape index (κ3) is 6.35. The van der Waals surface area contributed by atoms with Gasteiger partial charge in [-0.25, -0.2) is 4.39 Å². The average molecular weight is 531 g/mol. The summed E-state index contributed by atoms with van der Waals surface area (Å²) in [6, 6.07) is 17.0. The summed E-state index contributed by atoms with van der Waals surface area (Å²) in [7, 11) is 3.32. The lowest BCUT2D eigenvalue weighted by Crippen LogP contribution is -2.33. The molecule has 1 aromatic heterocycles. The van der Waals surface area contributed by atoms with E-state index in [2.05, 4.69) is 38.0 Å². The maximum absolute atomic E-state index is 13.2. The second kappa shape index (κ2) is 12.0. The molecule has 1 amide bonds. The lowest BCUT2D eigenvalue weighted by Gasteiger charge is -2.29. The van der Waals surface area contributed by atoms with Crippen LogP contribution in [0.2, 0.25) is 0 Å². The fraction of sp³-hybridized carbons (Fsp3) is 0.276. The Hall–Kier alpha value is -4.44. The van der Waals surface area contributed by atoms with Crippen LogP contribution < -0.4 is 20.1 Å². The Kier molecular flexibility index (Phi) is 8.02. The zero-order chi connectivity index (χ0) is 27.2. The van der Waals surface area contributed by atoms with Crippen molar-refractivity contribution < 1.29 is 18.7 Å². The predicted octanol–water partition coefficient (Wildman–Crippen LogP) is 4.36. The van der Waals surface area contributed by atoms with Crippen LogP contribution in [0.15, 0.2) is 66.9 Å². The largest absolute Gasteiger partial charge is 0.493 e. The number of amides is 1. The number of hydrogen-bond donors (Lipinski definition) is 2. The molecule has 1 aliphatic rings.